The van der Waals surface area contributed by atoms with Gasteiger partial charge in [-0.05, 0) is 0 Å². The third-order valence-corrected chi connectivity index (χ3v) is 14.7. The van der Waals surface area contributed by atoms with Crippen LogP contribution in [-0.4, -0.2) is 51.8 Å². The number of carbonyl (C=O) groups is 1. The number of nitrogens with two attached hydrogens (primary N) is 1. The summed E-state index contributed by atoms with van der Waals surface area (Å²) in [5.74, 6) is 1.18. The van der Waals surface area contributed by atoms with E-state index in [9.17, 15) is 4.79 Å². The van der Waals surface area contributed by atoms with Crippen molar-refractivity contribution in [1.29, 1.82) is 0 Å². The molecule has 3 aromatic carbocycles. The molecule has 0 aromatic heterocycles. The average molecular weight is 547 g/mol. The van der Waals surface area contributed by atoms with E-state index in [1.165, 1.54) is 0 Å². The maximum absolute atomic E-state index is 10.1. The Labute approximate surface area is 180 Å². The fraction of sp³-hybridized carbons (Fsp3) is 0.174. The van der Waals surface area contributed by atoms with Crippen LogP contribution in [-0.2, 0) is 4.79 Å². The maximum atomic E-state index is 10.1. The molecular weight excluding hydrogens is 520 g/mol. The van der Waals surface area contributed by atoms with E-state index in [0.29, 0.717) is 21.4 Å². The predicted octanol–water partition coefficient (Wildman–Crippen LogP) is 1.89. The van der Waals surface area contributed by atoms with E-state index < -0.39 is 31.8 Å². The van der Waals surface area contributed by atoms with E-state index in [-0.39, 0.29) is 0 Å². The van der Waals surface area contributed by atoms with Gasteiger partial charge in [-0.3, -0.25) is 0 Å². The molecule has 5 heteroatoms. The van der Waals surface area contributed by atoms with Crippen LogP contribution in [0.25, 0.3) is 0 Å². The molecule has 1 unspecified atom stereocenters. The topological polar surface area (TPSA) is 63.3 Å². The normalized spacial score (nSPS) is 11.4. The third-order valence-electron chi connectivity index (χ3n) is 4.35. The number of carboxylic acid groups (broad SMARTS) is 1. The molecule has 3 rings (SSSR count). The number of hydrogen-bond acceptors (Lipinski definition) is 2. The molecule has 0 radical (unpaired) electrons. The van der Waals surface area contributed by atoms with E-state index in [0.717, 1.165) is 5.32 Å². The second kappa shape index (κ2) is 12.8. The minimum absolute atomic E-state index is 0.549. The van der Waals surface area contributed by atoms with E-state index in [2.05, 4.69) is 96.8 Å². The quantitative estimate of drug-likeness (QED) is 0.445. The van der Waals surface area contributed by atoms with Crippen molar-refractivity contribution in [3.8, 4) is 0 Å². The van der Waals surface area contributed by atoms with E-state index >= 15 is 0 Å². The van der Waals surface area contributed by atoms with Gasteiger partial charge in [0.1, 0.15) is 0 Å². The average Bonchev–Trinajstić information content (AvgIpc) is 2.75. The Balaban J connectivity index is 0.000000266. The molecule has 0 heterocycles. The predicted molar refractivity (Wildman–Crippen MR) is 122 cm³/mol. The molecule has 0 amide bonds. The summed E-state index contributed by atoms with van der Waals surface area (Å²) in [6.07, 6.45) is 0.617. The molecule has 0 spiro atoms. The van der Waals surface area contributed by atoms with E-state index in [1.54, 1.807) is 10.7 Å². The molecule has 28 heavy (non-hydrogen) atoms. The van der Waals surface area contributed by atoms with Gasteiger partial charge in [0.25, 0.3) is 0 Å². The summed E-state index contributed by atoms with van der Waals surface area (Å²) in [5, 5.41) is 9.25. The van der Waals surface area contributed by atoms with Gasteiger partial charge in [0.2, 0.25) is 0 Å². The SMILES string of the molecule is C[Se]CCC(N)C(=O)O.c1cc[c]([SnH]([c]2ccccc2)[c]2ccccc2)cc1. The molecule has 146 valence electrons. The zero-order chi connectivity index (χ0) is 20.2. The summed E-state index contributed by atoms with van der Waals surface area (Å²) in [4.78, 5) is 10.1. The van der Waals surface area contributed by atoms with Crippen LogP contribution < -0.4 is 16.5 Å². The van der Waals surface area contributed by atoms with Gasteiger partial charge in [-0.1, -0.05) is 0 Å². The Morgan fingerprint density at radius 1 is 0.857 bits per heavy atom. The summed E-state index contributed by atoms with van der Waals surface area (Å²) in [6, 6.07) is 32.4. The Morgan fingerprint density at radius 3 is 1.50 bits per heavy atom. The number of carboxylic acids is 1. The third kappa shape index (κ3) is 7.44. The molecule has 3 nitrogen and oxygen atoms in total. The number of benzene rings is 3. The second-order valence-electron chi connectivity index (χ2n) is 6.39. The van der Waals surface area contributed by atoms with Crippen LogP contribution >= 0.6 is 0 Å². The zero-order valence-corrected chi connectivity index (χ0v) is 21.1. The number of hydrogen-bond donors (Lipinski definition) is 2. The van der Waals surface area contributed by atoms with Crippen LogP contribution in [0.4, 0.5) is 0 Å². The monoisotopic (exact) mass is 549 g/mol. The molecule has 0 bridgehead atoms. The van der Waals surface area contributed by atoms with Gasteiger partial charge < -0.3 is 0 Å². The molecule has 0 saturated heterocycles. The summed E-state index contributed by atoms with van der Waals surface area (Å²) in [5.41, 5.74) is 5.21. The van der Waals surface area contributed by atoms with Gasteiger partial charge in [-0.15, -0.1) is 0 Å². The molecule has 0 fully saturated rings. The fourth-order valence-corrected chi connectivity index (χ4v) is 12.4. The van der Waals surface area contributed by atoms with Crippen molar-refractivity contribution in [2.75, 3.05) is 0 Å². The summed E-state index contributed by atoms with van der Waals surface area (Å²) >= 11 is -1.59. The van der Waals surface area contributed by atoms with Gasteiger partial charge in [-0.25, -0.2) is 0 Å². The van der Waals surface area contributed by atoms with Gasteiger partial charge in [-0.2, -0.15) is 0 Å². The molecule has 3 N–H and O–H groups in total. The molecule has 0 aliphatic carbocycles. The molecule has 0 saturated carbocycles. The van der Waals surface area contributed by atoms with Crippen LogP contribution in [0.5, 0.6) is 0 Å². The van der Waals surface area contributed by atoms with Gasteiger partial charge in [0.05, 0.1) is 0 Å². The van der Waals surface area contributed by atoms with Crippen molar-refractivity contribution in [1.82, 2.24) is 0 Å². The Bertz CT molecular complexity index is 722. The summed E-state index contributed by atoms with van der Waals surface area (Å²) < 4.78 is 4.63. The van der Waals surface area contributed by atoms with Crippen LogP contribution in [0.1, 0.15) is 6.42 Å². The molecule has 3 aromatic rings. The second-order valence-corrected chi connectivity index (χ2v) is 16.6. The van der Waals surface area contributed by atoms with Crippen molar-refractivity contribution < 1.29 is 9.90 Å². The minimum atomic E-state index is -2.14. The van der Waals surface area contributed by atoms with Gasteiger partial charge >= 0.3 is 182 Å². The number of aliphatic carboxylic acids is 1. The van der Waals surface area contributed by atoms with E-state index in [4.69, 9.17) is 10.8 Å². The van der Waals surface area contributed by atoms with Gasteiger partial charge in [0.15, 0.2) is 0 Å². The van der Waals surface area contributed by atoms with Crippen LogP contribution in [0.2, 0.25) is 11.1 Å². The first-order chi connectivity index (χ1) is 13.6. The Hall–Kier alpha value is -1.59. The molecular formula is C23H27NO2SeSn. The van der Waals surface area contributed by atoms with E-state index in [1.807, 2.05) is 0 Å². The van der Waals surface area contributed by atoms with Crippen LogP contribution in [0, 0.1) is 0 Å². The zero-order valence-electron chi connectivity index (χ0n) is 16.1. The molecule has 1 atom stereocenters. The van der Waals surface area contributed by atoms with Crippen molar-refractivity contribution in [2.24, 2.45) is 5.73 Å². The van der Waals surface area contributed by atoms with Crippen molar-refractivity contribution in [3.05, 3.63) is 91.0 Å². The summed E-state index contributed by atoms with van der Waals surface area (Å²) in [6.45, 7) is 0. The van der Waals surface area contributed by atoms with Crippen molar-refractivity contribution in [3.63, 3.8) is 0 Å². The molecule has 0 aliphatic rings. The summed E-state index contributed by atoms with van der Waals surface area (Å²) in [7, 11) is 0. The number of rotatable bonds is 7. The van der Waals surface area contributed by atoms with Crippen molar-refractivity contribution >= 4 is 51.4 Å². The standard InChI is InChI=1S/3C6H5.C5H11NO2Se.Sn.H/c3*1-2-4-6-5-3-1;1-9-3-2-4(6)5(7)8;;/h3*1-5H;4H,2-3,6H2,1H3,(H,7,8);;. The first kappa shape index (κ1) is 22.7. The first-order valence-electron chi connectivity index (χ1n) is 9.25. The Kier molecular flexibility index (Phi) is 10.4. The van der Waals surface area contributed by atoms with Crippen LogP contribution in [0.3, 0.4) is 0 Å². The fourth-order valence-electron chi connectivity index (χ4n) is 2.88. The Morgan fingerprint density at radius 2 is 1.21 bits per heavy atom. The molecule has 0 aliphatic heterocycles. The van der Waals surface area contributed by atoms with Gasteiger partial charge in [0, 0.05) is 0 Å². The van der Waals surface area contributed by atoms with Crippen molar-refractivity contribution in [2.45, 2.75) is 23.6 Å². The first-order valence-corrected chi connectivity index (χ1v) is 17.1. The van der Waals surface area contributed by atoms with Crippen LogP contribution in [0.15, 0.2) is 91.0 Å².